The van der Waals surface area contributed by atoms with Crippen molar-refractivity contribution in [2.75, 3.05) is 20.7 Å². The Bertz CT molecular complexity index is 557. The molecule has 1 aliphatic carbocycles. The number of allylic oxidation sites excluding steroid dienone is 1. The molecule has 1 N–H and O–H groups in total. The molecule has 1 aliphatic heterocycles. The van der Waals surface area contributed by atoms with Gasteiger partial charge in [-0.05, 0) is 5.92 Å². The zero-order chi connectivity index (χ0) is 17.1. The first kappa shape index (κ1) is 17.2. The molecule has 7 heteroatoms. The maximum absolute atomic E-state index is 12.3. The van der Waals surface area contributed by atoms with Crippen LogP contribution in [0.1, 0.15) is 19.8 Å². The molecule has 0 saturated carbocycles. The van der Waals surface area contributed by atoms with E-state index in [1.54, 1.807) is 0 Å². The smallest absolute Gasteiger partial charge is 0.306 e. The van der Waals surface area contributed by atoms with Crippen LogP contribution in [0.25, 0.3) is 0 Å². The standard InChI is InChI=1S/C16H22N2O5/c1-9-4-5-10(8-23-12(20)7-6-11(19)17-2)14-13(9)15(21)18(3)16(14)22/h4-5,9-10,13-14H,6-8H2,1-3H3,(H,17,19). The number of amides is 3. The maximum Gasteiger partial charge on any atom is 0.306 e. The molecule has 0 bridgehead atoms. The van der Waals surface area contributed by atoms with Crippen molar-refractivity contribution in [3.05, 3.63) is 12.2 Å². The number of carbonyl (C=O) groups excluding carboxylic acids is 4. The van der Waals surface area contributed by atoms with Gasteiger partial charge in [0, 0.05) is 26.4 Å². The molecule has 4 atom stereocenters. The molecule has 23 heavy (non-hydrogen) atoms. The number of hydrogen-bond donors (Lipinski definition) is 1. The molecule has 0 spiro atoms. The summed E-state index contributed by atoms with van der Waals surface area (Å²) in [5.41, 5.74) is 0. The Morgan fingerprint density at radius 2 is 1.83 bits per heavy atom. The number of ether oxygens (including phenoxy) is 1. The highest BCUT2D eigenvalue weighted by Crippen LogP contribution is 2.41. The average molecular weight is 322 g/mol. The molecule has 2 rings (SSSR count). The molecule has 126 valence electrons. The van der Waals surface area contributed by atoms with Crippen molar-refractivity contribution in [2.45, 2.75) is 19.8 Å². The Hall–Kier alpha value is -2.18. The second kappa shape index (κ2) is 6.93. The largest absolute Gasteiger partial charge is 0.465 e. The Balaban J connectivity index is 1.96. The van der Waals surface area contributed by atoms with Gasteiger partial charge in [-0.2, -0.15) is 0 Å². The minimum Gasteiger partial charge on any atom is -0.465 e. The fraction of sp³-hybridized carbons (Fsp3) is 0.625. The topological polar surface area (TPSA) is 92.8 Å². The molecule has 1 heterocycles. The Kier molecular flexibility index (Phi) is 5.18. The maximum atomic E-state index is 12.3. The summed E-state index contributed by atoms with van der Waals surface area (Å²) in [6.07, 6.45) is 3.81. The summed E-state index contributed by atoms with van der Waals surface area (Å²) < 4.78 is 5.19. The first-order valence-electron chi connectivity index (χ1n) is 7.72. The third-order valence-electron chi connectivity index (χ3n) is 4.58. The van der Waals surface area contributed by atoms with Crippen LogP contribution >= 0.6 is 0 Å². The van der Waals surface area contributed by atoms with Gasteiger partial charge in [-0.15, -0.1) is 0 Å². The minimum atomic E-state index is -0.484. The van der Waals surface area contributed by atoms with Crippen LogP contribution < -0.4 is 5.32 Å². The van der Waals surface area contributed by atoms with Crippen molar-refractivity contribution in [1.29, 1.82) is 0 Å². The molecule has 1 fully saturated rings. The summed E-state index contributed by atoms with van der Waals surface area (Å²) in [7, 11) is 2.99. The Morgan fingerprint density at radius 1 is 1.17 bits per heavy atom. The molecule has 0 radical (unpaired) electrons. The van der Waals surface area contributed by atoms with E-state index in [9.17, 15) is 19.2 Å². The van der Waals surface area contributed by atoms with Crippen molar-refractivity contribution >= 4 is 23.7 Å². The SMILES string of the molecule is CNC(=O)CCC(=O)OCC1C=CC(C)C2C(=O)N(C)C(=O)C12. The van der Waals surface area contributed by atoms with Gasteiger partial charge >= 0.3 is 5.97 Å². The number of esters is 1. The first-order chi connectivity index (χ1) is 10.9. The highest BCUT2D eigenvalue weighted by Gasteiger charge is 2.52. The van der Waals surface area contributed by atoms with Gasteiger partial charge in [-0.25, -0.2) is 0 Å². The number of nitrogens with one attached hydrogen (secondary N) is 1. The van der Waals surface area contributed by atoms with Gasteiger partial charge in [0.1, 0.15) is 0 Å². The van der Waals surface area contributed by atoms with Gasteiger partial charge in [0.2, 0.25) is 17.7 Å². The number of hydrogen-bond acceptors (Lipinski definition) is 5. The van der Waals surface area contributed by atoms with Gasteiger partial charge in [0.15, 0.2) is 0 Å². The lowest BCUT2D eigenvalue weighted by Gasteiger charge is -2.29. The van der Waals surface area contributed by atoms with Crippen molar-refractivity contribution < 1.29 is 23.9 Å². The van der Waals surface area contributed by atoms with Gasteiger partial charge in [-0.3, -0.25) is 24.1 Å². The fourth-order valence-electron chi connectivity index (χ4n) is 3.18. The van der Waals surface area contributed by atoms with Crippen LogP contribution in [-0.4, -0.2) is 49.3 Å². The van der Waals surface area contributed by atoms with Gasteiger partial charge in [0.05, 0.1) is 24.9 Å². The monoisotopic (exact) mass is 322 g/mol. The minimum absolute atomic E-state index is 0.00656. The molecule has 0 aromatic carbocycles. The van der Waals surface area contributed by atoms with Crippen molar-refractivity contribution in [3.8, 4) is 0 Å². The predicted octanol–water partition coefficient (Wildman–Crippen LogP) is 0.109. The lowest BCUT2D eigenvalue weighted by Crippen LogP contribution is -2.35. The zero-order valence-corrected chi connectivity index (χ0v) is 13.6. The van der Waals surface area contributed by atoms with Gasteiger partial charge in [-0.1, -0.05) is 19.1 Å². The quantitative estimate of drug-likeness (QED) is 0.440. The number of fused-ring (bicyclic) bond motifs is 1. The van der Waals surface area contributed by atoms with E-state index in [1.807, 2.05) is 19.1 Å². The first-order valence-corrected chi connectivity index (χ1v) is 7.72. The number of imide groups is 1. The molecule has 1 saturated heterocycles. The van der Waals surface area contributed by atoms with Crippen LogP contribution in [0.5, 0.6) is 0 Å². The van der Waals surface area contributed by atoms with Crippen molar-refractivity contribution in [3.63, 3.8) is 0 Å². The lowest BCUT2D eigenvalue weighted by atomic mass is 9.73. The zero-order valence-electron chi connectivity index (χ0n) is 13.6. The fourth-order valence-corrected chi connectivity index (χ4v) is 3.18. The summed E-state index contributed by atoms with van der Waals surface area (Å²) in [6.45, 7) is 1.95. The molecule has 0 aromatic rings. The second-order valence-corrected chi connectivity index (χ2v) is 6.05. The van der Waals surface area contributed by atoms with Crippen LogP contribution in [0.3, 0.4) is 0 Å². The summed E-state index contributed by atoms with van der Waals surface area (Å²) in [5.74, 6) is -2.28. The van der Waals surface area contributed by atoms with E-state index >= 15 is 0 Å². The molecule has 0 aromatic heterocycles. The summed E-state index contributed by atoms with van der Waals surface area (Å²) in [4.78, 5) is 48.4. The van der Waals surface area contributed by atoms with Crippen LogP contribution in [-0.2, 0) is 23.9 Å². The average Bonchev–Trinajstić information content (AvgIpc) is 2.77. The second-order valence-electron chi connectivity index (χ2n) is 6.05. The van der Waals surface area contributed by atoms with E-state index in [2.05, 4.69) is 5.32 Å². The van der Waals surface area contributed by atoms with E-state index in [1.165, 1.54) is 19.0 Å². The predicted molar refractivity (Wildman–Crippen MR) is 80.8 cm³/mol. The molecular formula is C16H22N2O5. The summed E-state index contributed by atoms with van der Waals surface area (Å²) in [6, 6.07) is 0. The van der Waals surface area contributed by atoms with E-state index in [4.69, 9.17) is 4.74 Å². The molecular weight excluding hydrogens is 300 g/mol. The normalized spacial score (nSPS) is 29.4. The highest BCUT2D eigenvalue weighted by atomic mass is 16.5. The van der Waals surface area contributed by atoms with E-state index in [0.29, 0.717) is 0 Å². The molecule has 4 unspecified atom stereocenters. The molecule has 7 nitrogen and oxygen atoms in total. The number of nitrogens with zero attached hydrogens (tertiary/aromatic N) is 1. The van der Waals surface area contributed by atoms with Crippen LogP contribution in [0.2, 0.25) is 0 Å². The third kappa shape index (κ3) is 3.43. The van der Waals surface area contributed by atoms with Crippen molar-refractivity contribution in [2.24, 2.45) is 23.7 Å². The van der Waals surface area contributed by atoms with E-state index in [0.717, 1.165) is 0 Å². The van der Waals surface area contributed by atoms with E-state index < -0.39 is 11.9 Å². The van der Waals surface area contributed by atoms with E-state index in [-0.39, 0.29) is 54.9 Å². The number of likely N-dealkylation sites (tertiary alicyclic amines) is 1. The van der Waals surface area contributed by atoms with Crippen LogP contribution in [0.4, 0.5) is 0 Å². The van der Waals surface area contributed by atoms with Crippen molar-refractivity contribution in [1.82, 2.24) is 10.2 Å². The Morgan fingerprint density at radius 3 is 2.48 bits per heavy atom. The summed E-state index contributed by atoms with van der Waals surface area (Å²) >= 11 is 0. The highest BCUT2D eigenvalue weighted by molar-refractivity contribution is 6.05. The summed E-state index contributed by atoms with van der Waals surface area (Å²) in [5, 5.41) is 2.43. The van der Waals surface area contributed by atoms with Crippen LogP contribution in [0.15, 0.2) is 12.2 Å². The van der Waals surface area contributed by atoms with Gasteiger partial charge in [0.25, 0.3) is 0 Å². The third-order valence-corrected chi connectivity index (χ3v) is 4.58. The molecule has 3 amide bonds. The van der Waals surface area contributed by atoms with Gasteiger partial charge < -0.3 is 10.1 Å². The lowest BCUT2D eigenvalue weighted by molar-refractivity contribution is -0.147. The van der Waals surface area contributed by atoms with Crippen LogP contribution in [0, 0.1) is 23.7 Å². The number of rotatable bonds is 5. The molecule has 2 aliphatic rings. The number of carbonyl (C=O) groups is 4. The Labute approximate surface area is 135 Å².